The van der Waals surface area contributed by atoms with Crippen LogP contribution in [0.5, 0.6) is 0 Å². The van der Waals surface area contributed by atoms with Crippen LogP contribution in [0.3, 0.4) is 0 Å². The van der Waals surface area contributed by atoms with Crippen molar-refractivity contribution < 1.29 is 18.3 Å². The second kappa shape index (κ2) is 6.97. The molecule has 6 heteroatoms. The van der Waals surface area contributed by atoms with E-state index in [0.29, 0.717) is 18.6 Å². The lowest BCUT2D eigenvalue weighted by Gasteiger charge is -2.21. The van der Waals surface area contributed by atoms with E-state index >= 15 is 0 Å². The zero-order valence-electron chi connectivity index (χ0n) is 10.2. The van der Waals surface area contributed by atoms with Gasteiger partial charge in [0.1, 0.15) is 5.82 Å². The highest BCUT2D eigenvalue weighted by Gasteiger charge is 2.22. The fourth-order valence-corrected chi connectivity index (χ4v) is 1.63. The predicted molar refractivity (Wildman–Crippen MR) is 66.0 cm³/mol. The number of aliphatic hydroxyl groups excluding tert-OH is 1. The molecule has 0 spiro atoms. The monoisotopic (exact) mass is 283 g/mol. The van der Waals surface area contributed by atoms with Gasteiger partial charge in [-0.3, -0.25) is 0 Å². The molecule has 0 aliphatic carbocycles. The van der Waals surface area contributed by atoms with Crippen LogP contribution in [0.2, 0.25) is 0 Å². The molecule has 0 aliphatic heterocycles. The summed E-state index contributed by atoms with van der Waals surface area (Å²) in [6, 6.07) is 0.0680. The molecule has 1 aromatic carbocycles. The summed E-state index contributed by atoms with van der Waals surface area (Å²) in [6.45, 7) is 3.75. The molecule has 0 radical (unpaired) electrons. The molecular weight excluding hydrogens is 267 g/mol. The molecule has 1 aromatic rings. The number of hydrogen-bond acceptors (Lipinski definition) is 2. The molecule has 104 valence electrons. The van der Waals surface area contributed by atoms with Crippen LogP contribution < -0.4 is 5.73 Å². The van der Waals surface area contributed by atoms with Gasteiger partial charge in [-0.2, -0.15) is 0 Å². The maximum atomic E-state index is 13.4. The smallest absolute Gasteiger partial charge is 0.161 e. The van der Waals surface area contributed by atoms with Crippen LogP contribution in [0.1, 0.15) is 31.9 Å². The van der Waals surface area contributed by atoms with Gasteiger partial charge in [-0.1, -0.05) is 13.8 Å². The first-order valence-electron chi connectivity index (χ1n) is 5.41. The largest absolute Gasteiger partial charge is 0.391 e. The lowest BCUT2D eigenvalue weighted by Crippen LogP contribution is -2.28. The normalized spacial score (nSPS) is 14.2. The van der Waals surface area contributed by atoms with Gasteiger partial charge >= 0.3 is 0 Å². The Balaban J connectivity index is 0.00000289. The van der Waals surface area contributed by atoms with Gasteiger partial charge in [-0.25, -0.2) is 13.2 Å². The molecule has 0 fully saturated rings. The molecule has 0 saturated carbocycles. The Hall–Kier alpha value is -0.780. The van der Waals surface area contributed by atoms with Gasteiger partial charge in [0.25, 0.3) is 0 Å². The SMILES string of the molecule is CC(C)C[C@H](O)[C@H](N)c1cc(F)c(F)cc1F.Cl. The highest BCUT2D eigenvalue weighted by atomic mass is 35.5. The van der Waals surface area contributed by atoms with E-state index in [0.717, 1.165) is 0 Å². The zero-order chi connectivity index (χ0) is 13.2. The average Bonchev–Trinajstić information content (AvgIpc) is 2.21. The fraction of sp³-hybridized carbons (Fsp3) is 0.500. The number of rotatable bonds is 4. The van der Waals surface area contributed by atoms with Gasteiger partial charge in [0, 0.05) is 11.6 Å². The van der Waals surface area contributed by atoms with Crippen molar-refractivity contribution in [3.8, 4) is 0 Å². The van der Waals surface area contributed by atoms with Crippen molar-refractivity contribution in [1.82, 2.24) is 0 Å². The molecule has 3 N–H and O–H groups in total. The van der Waals surface area contributed by atoms with Crippen molar-refractivity contribution in [2.24, 2.45) is 11.7 Å². The molecule has 1 rings (SSSR count). The van der Waals surface area contributed by atoms with Gasteiger partial charge in [0.15, 0.2) is 11.6 Å². The van der Waals surface area contributed by atoms with Crippen LogP contribution in [0, 0.1) is 23.4 Å². The molecule has 0 bridgehead atoms. The molecule has 0 saturated heterocycles. The van der Waals surface area contributed by atoms with Crippen LogP contribution in [-0.4, -0.2) is 11.2 Å². The summed E-state index contributed by atoms with van der Waals surface area (Å²) in [6.07, 6.45) is -0.631. The third-order valence-electron chi connectivity index (χ3n) is 2.53. The van der Waals surface area contributed by atoms with Gasteiger partial charge in [-0.05, 0) is 18.4 Å². The summed E-state index contributed by atoms with van der Waals surface area (Å²) in [4.78, 5) is 0. The minimum atomic E-state index is -1.27. The van der Waals surface area contributed by atoms with Gasteiger partial charge in [0.05, 0.1) is 12.1 Å². The third-order valence-corrected chi connectivity index (χ3v) is 2.53. The van der Waals surface area contributed by atoms with Crippen molar-refractivity contribution in [3.63, 3.8) is 0 Å². The Kier molecular flexibility index (Phi) is 6.67. The van der Waals surface area contributed by atoms with Crippen LogP contribution >= 0.6 is 12.4 Å². The van der Waals surface area contributed by atoms with Crippen LogP contribution in [0.4, 0.5) is 13.2 Å². The third kappa shape index (κ3) is 4.15. The van der Waals surface area contributed by atoms with E-state index in [4.69, 9.17) is 5.73 Å². The lowest BCUT2D eigenvalue weighted by molar-refractivity contribution is 0.119. The Morgan fingerprint density at radius 2 is 1.61 bits per heavy atom. The van der Waals surface area contributed by atoms with Crippen LogP contribution in [0.15, 0.2) is 12.1 Å². The molecule has 0 aromatic heterocycles. The van der Waals surface area contributed by atoms with E-state index in [2.05, 4.69) is 0 Å². The number of benzene rings is 1. The summed E-state index contributed by atoms with van der Waals surface area (Å²) in [7, 11) is 0. The molecule has 0 heterocycles. The summed E-state index contributed by atoms with van der Waals surface area (Å²) in [5, 5.41) is 9.72. The summed E-state index contributed by atoms with van der Waals surface area (Å²) < 4.78 is 39.1. The Morgan fingerprint density at radius 3 is 2.11 bits per heavy atom. The molecule has 2 nitrogen and oxygen atoms in total. The van der Waals surface area contributed by atoms with Crippen molar-refractivity contribution in [2.75, 3.05) is 0 Å². The summed E-state index contributed by atoms with van der Waals surface area (Å²) in [5.41, 5.74) is 5.42. The average molecular weight is 284 g/mol. The fourth-order valence-electron chi connectivity index (χ4n) is 1.63. The summed E-state index contributed by atoms with van der Waals surface area (Å²) >= 11 is 0. The first-order valence-corrected chi connectivity index (χ1v) is 5.41. The second-order valence-electron chi connectivity index (χ2n) is 4.51. The van der Waals surface area contributed by atoms with E-state index in [1.54, 1.807) is 0 Å². The zero-order valence-corrected chi connectivity index (χ0v) is 11.0. The van der Waals surface area contributed by atoms with Crippen LogP contribution in [-0.2, 0) is 0 Å². The minimum absolute atomic E-state index is 0. The molecular formula is C12H17ClF3NO. The second-order valence-corrected chi connectivity index (χ2v) is 4.51. The van der Waals surface area contributed by atoms with Gasteiger partial charge < -0.3 is 10.8 Å². The Morgan fingerprint density at radius 1 is 1.11 bits per heavy atom. The maximum absolute atomic E-state index is 13.4. The minimum Gasteiger partial charge on any atom is -0.391 e. The first kappa shape index (κ1) is 17.2. The molecule has 0 unspecified atom stereocenters. The number of aliphatic hydroxyl groups is 1. The van der Waals surface area contributed by atoms with Gasteiger partial charge in [-0.15, -0.1) is 12.4 Å². The number of halogens is 4. The molecule has 18 heavy (non-hydrogen) atoms. The van der Waals surface area contributed by atoms with E-state index in [9.17, 15) is 18.3 Å². The van der Waals surface area contributed by atoms with E-state index < -0.39 is 29.6 Å². The lowest BCUT2D eigenvalue weighted by atomic mass is 9.95. The molecule has 2 atom stereocenters. The van der Waals surface area contributed by atoms with Crippen LogP contribution in [0.25, 0.3) is 0 Å². The van der Waals surface area contributed by atoms with Crippen molar-refractivity contribution in [2.45, 2.75) is 32.4 Å². The highest BCUT2D eigenvalue weighted by Crippen LogP contribution is 2.24. The highest BCUT2D eigenvalue weighted by molar-refractivity contribution is 5.85. The first-order chi connectivity index (χ1) is 7.82. The number of hydrogen-bond donors (Lipinski definition) is 2. The van der Waals surface area contributed by atoms with Crippen molar-refractivity contribution in [3.05, 3.63) is 35.1 Å². The van der Waals surface area contributed by atoms with Crippen molar-refractivity contribution in [1.29, 1.82) is 0 Å². The van der Waals surface area contributed by atoms with Crippen molar-refractivity contribution >= 4 is 12.4 Å². The van der Waals surface area contributed by atoms with Gasteiger partial charge in [0.2, 0.25) is 0 Å². The number of nitrogens with two attached hydrogens (primary N) is 1. The maximum Gasteiger partial charge on any atom is 0.161 e. The van der Waals surface area contributed by atoms with E-state index in [-0.39, 0.29) is 23.9 Å². The quantitative estimate of drug-likeness (QED) is 0.835. The van der Waals surface area contributed by atoms with E-state index in [1.165, 1.54) is 0 Å². The Bertz CT molecular complexity index is 401. The standard InChI is InChI=1S/C12H16F3NO.ClH/c1-6(2)3-11(17)12(16)7-4-9(14)10(15)5-8(7)13;/h4-6,11-12,17H,3,16H2,1-2H3;1H/t11-,12+;/m0./s1. The van der Waals surface area contributed by atoms with E-state index in [1.807, 2.05) is 13.8 Å². The molecule has 0 amide bonds. The topological polar surface area (TPSA) is 46.2 Å². The predicted octanol–water partition coefficient (Wildman–Crippen LogP) is 2.93. The summed E-state index contributed by atoms with van der Waals surface area (Å²) in [5.74, 6) is -3.21. The Labute approximate surface area is 110 Å². The molecule has 0 aliphatic rings.